The maximum atomic E-state index is 13.1. The van der Waals surface area contributed by atoms with Crippen molar-refractivity contribution in [2.24, 2.45) is 0 Å². The predicted molar refractivity (Wildman–Crippen MR) is 122 cm³/mol. The molecule has 2 aromatic carbocycles. The predicted octanol–water partition coefficient (Wildman–Crippen LogP) is 2.85. The second kappa shape index (κ2) is 9.38. The lowest BCUT2D eigenvalue weighted by Gasteiger charge is -2.37. The van der Waals surface area contributed by atoms with Crippen LogP contribution in [0.1, 0.15) is 41.2 Å². The van der Waals surface area contributed by atoms with Crippen LogP contribution in [-0.2, 0) is 22.6 Å². The molecule has 0 bridgehead atoms. The molecule has 1 unspecified atom stereocenters. The Balaban J connectivity index is 1.70. The van der Waals surface area contributed by atoms with Crippen molar-refractivity contribution in [3.63, 3.8) is 0 Å². The third kappa shape index (κ3) is 4.69. The van der Waals surface area contributed by atoms with E-state index in [-0.39, 0.29) is 12.3 Å². The van der Waals surface area contributed by atoms with Gasteiger partial charge in [0.1, 0.15) is 17.5 Å². The number of amides is 2. The molecule has 0 saturated carbocycles. The van der Waals surface area contributed by atoms with Crippen LogP contribution in [0.3, 0.4) is 0 Å². The highest BCUT2D eigenvalue weighted by Crippen LogP contribution is 2.43. The molecule has 7 nitrogen and oxygen atoms in total. The van der Waals surface area contributed by atoms with Crippen LogP contribution in [0, 0.1) is 20.8 Å². The van der Waals surface area contributed by atoms with E-state index in [9.17, 15) is 19.8 Å². The molecule has 8 heteroatoms. The Hall–Kier alpha value is -2.77. The molecule has 2 atom stereocenters. The highest BCUT2D eigenvalue weighted by Gasteiger charge is 2.42. The average molecular weight is 461 g/mol. The molecule has 3 rings (SSSR count). The van der Waals surface area contributed by atoms with Gasteiger partial charge >= 0.3 is 0 Å². The van der Waals surface area contributed by atoms with Crippen molar-refractivity contribution < 1.29 is 24.5 Å². The van der Waals surface area contributed by atoms with Crippen LogP contribution in [0.15, 0.2) is 24.3 Å². The summed E-state index contributed by atoms with van der Waals surface area (Å²) in [6.07, 6.45) is 0.922. The highest BCUT2D eigenvalue weighted by atomic mass is 35.5. The SMILES string of the molecule is Cc1c(C)c2c(c(C)c1O)CCC(C)(C(=O)N[C@@H](CO)C(=O)NCc1ccc(Cl)cc1)O2. The molecule has 1 aliphatic rings. The number of rotatable bonds is 6. The molecule has 0 saturated heterocycles. The van der Waals surface area contributed by atoms with Gasteiger partial charge in [0.2, 0.25) is 5.91 Å². The van der Waals surface area contributed by atoms with E-state index in [0.29, 0.717) is 29.2 Å². The topological polar surface area (TPSA) is 108 Å². The fraction of sp³-hybridized carbons (Fsp3) is 0.417. The molecular weight excluding hydrogens is 432 g/mol. The van der Waals surface area contributed by atoms with Crippen molar-refractivity contribution in [1.29, 1.82) is 0 Å². The first kappa shape index (κ1) is 23.9. The Bertz CT molecular complexity index is 1040. The number of aromatic hydroxyl groups is 1. The van der Waals surface area contributed by atoms with Crippen LogP contribution in [0.25, 0.3) is 0 Å². The van der Waals surface area contributed by atoms with Crippen molar-refractivity contribution in [3.05, 3.63) is 57.1 Å². The van der Waals surface area contributed by atoms with E-state index in [4.69, 9.17) is 16.3 Å². The molecule has 0 aliphatic carbocycles. The van der Waals surface area contributed by atoms with Gasteiger partial charge in [0.25, 0.3) is 5.91 Å². The number of ether oxygens (including phenoxy) is 1. The quantitative estimate of drug-likeness (QED) is 0.530. The van der Waals surface area contributed by atoms with Gasteiger partial charge in [0, 0.05) is 23.6 Å². The molecular formula is C24H29ClN2O5. The molecule has 0 spiro atoms. The highest BCUT2D eigenvalue weighted by molar-refractivity contribution is 6.30. The van der Waals surface area contributed by atoms with Crippen LogP contribution in [0.4, 0.5) is 0 Å². The van der Waals surface area contributed by atoms with Gasteiger partial charge in [0.05, 0.1) is 6.61 Å². The Morgan fingerprint density at radius 3 is 2.44 bits per heavy atom. The largest absolute Gasteiger partial charge is 0.507 e. The number of carbonyl (C=O) groups excluding carboxylic acids is 2. The van der Waals surface area contributed by atoms with E-state index in [1.54, 1.807) is 38.1 Å². The van der Waals surface area contributed by atoms with Crippen LogP contribution < -0.4 is 15.4 Å². The number of hydrogen-bond donors (Lipinski definition) is 4. The minimum Gasteiger partial charge on any atom is -0.507 e. The van der Waals surface area contributed by atoms with E-state index < -0.39 is 30.1 Å². The Morgan fingerprint density at radius 2 is 1.81 bits per heavy atom. The second-order valence-electron chi connectivity index (χ2n) is 8.42. The summed E-state index contributed by atoms with van der Waals surface area (Å²) in [5.74, 6) is -0.139. The molecule has 0 fully saturated rings. The zero-order valence-corrected chi connectivity index (χ0v) is 19.5. The second-order valence-corrected chi connectivity index (χ2v) is 8.85. The maximum absolute atomic E-state index is 13.1. The van der Waals surface area contributed by atoms with Crippen molar-refractivity contribution >= 4 is 23.4 Å². The van der Waals surface area contributed by atoms with Gasteiger partial charge in [-0.2, -0.15) is 0 Å². The summed E-state index contributed by atoms with van der Waals surface area (Å²) in [6, 6.07) is 5.90. The lowest BCUT2D eigenvalue weighted by Crippen LogP contribution is -2.57. The number of phenolic OH excluding ortho intramolecular Hbond substituents is 1. The van der Waals surface area contributed by atoms with Gasteiger partial charge in [-0.1, -0.05) is 23.7 Å². The first-order chi connectivity index (χ1) is 15.1. The van der Waals surface area contributed by atoms with Crippen molar-refractivity contribution in [1.82, 2.24) is 10.6 Å². The van der Waals surface area contributed by atoms with Crippen molar-refractivity contribution in [3.8, 4) is 11.5 Å². The summed E-state index contributed by atoms with van der Waals surface area (Å²) >= 11 is 5.87. The van der Waals surface area contributed by atoms with Crippen LogP contribution in [-0.4, -0.2) is 40.3 Å². The molecule has 1 aliphatic heterocycles. The Morgan fingerprint density at radius 1 is 1.16 bits per heavy atom. The lowest BCUT2D eigenvalue weighted by molar-refractivity contribution is -0.140. The summed E-state index contributed by atoms with van der Waals surface area (Å²) in [5, 5.41) is 26.0. The van der Waals surface area contributed by atoms with E-state index in [1.807, 2.05) is 13.8 Å². The minimum atomic E-state index is -1.21. The number of phenols is 1. The molecule has 32 heavy (non-hydrogen) atoms. The fourth-order valence-corrected chi connectivity index (χ4v) is 3.95. The van der Waals surface area contributed by atoms with Gasteiger partial charge in [-0.3, -0.25) is 9.59 Å². The van der Waals surface area contributed by atoms with Crippen LogP contribution in [0.2, 0.25) is 5.02 Å². The van der Waals surface area contributed by atoms with Crippen LogP contribution >= 0.6 is 11.6 Å². The summed E-state index contributed by atoms with van der Waals surface area (Å²) in [4.78, 5) is 25.6. The lowest BCUT2D eigenvalue weighted by atomic mass is 9.86. The molecule has 172 valence electrons. The molecule has 2 aromatic rings. The number of halogens is 1. The smallest absolute Gasteiger partial charge is 0.264 e. The zero-order valence-electron chi connectivity index (χ0n) is 18.7. The van der Waals surface area contributed by atoms with Crippen molar-refractivity contribution in [2.45, 2.75) is 58.7 Å². The normalized spacial score (nSPS) is 18.3. The molecule has 0 radical (unpaired) electrons. The summed E-state index contributed by atoms with van der Waals surface area (Å²) in [7, 11) is 0. The monoisotopic (exact) mass is 460 g/mol. The number of hydrogen-bond acceptors (Lipinski definition) is 5. The Labute approximate surface area is 192 Å². The molecule has 1 heterocycles. The number of fused-ring (bicyclic) bond motifs is 1. The number of carbonyl (C=O) groups is 2. The molecule has 2 amide bonds. The van der Waals surface area contributed by atoms with Crippen molar-refractivity contribution in [2.75, 3.05) is 6.61 Å². The molecule has 4 N–H and O–H groups in total. The van der Waals surface area contributed by atoms with Gasteiger partial charge in [-0.15, -0.1) is 0 Å². The van der Waals surface area contributed by atoms with E-state index in [2.05, 4.69) is 10.6 Å². The zero-order chi connectivity index (χ0) is 23.6. The number of aliphatic hydroxyl groups is 1. The van der Waals surface area contributed by atoms with E-state index >= 15 is 0 Å². The molecule has 0 aromatic heterocycles. The fourth-order valence-electron chi connectivity index (χ4n) is 3.83. The van der Waals surface area contributed by atoms with E-state index in [0.717, 1.165) is 22.3 Å². The summed E-state index contributed by atoms with van der Waals surface area (Å²) in [5.41, 5.74) is 2.75. The van der Waals surface area contributed by atoms with Gasteiger partial charge in [0.15, 0.2) is 5.60 Å². The Kier molecular flexibility index (Phi) is 7.00. The third-order valence-corrected chi connectivity index (χ3v) is 6.44. The standard InChI is InChI=1S/C24H29ClN2O5/c1-13-14(2)21-18(15(3)20(13)29)9-10-24(4,32-21)23(31)27-19(12-28)22(30)26-11-16-5-7-17(25)8-6-16/h5-8,19,28-29H,9-12H2,1-4H3,(H,26,30)(H,27,31)/t19-,24?/m0/s1. The van der Waals surface area contributed by atoms with Gasteiger partial charge < -0.3 is 25.6 Å². The average Bonchev–Trinajstić information content (AvgIpc) is 2.78. The third-order valence-electron chi connectivity index (χ3n) is 6.18. The van der Waals surface area contributed by atoms with Gasteiger partial charge in [-0.05, 0) is 68.5 Å². The number of nitrogens with one attached hydrogen (secondary N) is 2. The van der Waals surface area contributed by atoms with E-state index in [1.165, 1.54) is 0 Å². The first-order valence-corrected chi connectivity index (χ1v) is 10.9. The first-order valence-electron chi connectivity index (χ1n) is 10.5. The number of benzene rings is 2. The van der Waals surface area contributed by atoms with Crippen LogP contribution in [0.5, 0.6) is 11.5 Å². The minimum absolute atomic E-state index is 0.241. The number of aliphatic hydroxyl groups excluding tert-OH is 1. The maximum Gasteiger partial charge on any atom is 0.264 e. The summed E-state index contributed by atoms with van der Waals surface area (Å²) in [6.45, 7) is 6.85. The summed E-state index contributed by atoms with van der Waals surface area (Å²) < 4.78 is 6.15. The van der Waals surface area contributed by atoms with Gasteiger partial charge in [-0.25, -0.2) is 0 Å².